The number of carbonyl (C=O) groups is 2. The molecule has 3 rings (SSSR count). The molecule has 1 aliphatic heterocycles. The van der Waals surface area contributed by atoms with Crippen LogP contribution in [0.4, 0.5) is 10.5 Å². The van der Waals surface area contributed by atoms with E-state index in [1.165, 1.54) is 0 Å². The van der Waals surface area contributed by atoms with E-state index < -0.39 is 5.60 Å². The molecule has 1 N–H and O–H groups in total. The van der Waals surface area contributed by atoms with Gasteiger partial charge in [0, 0.05) is 29.4 Å². The maximum Gasteiger partial charge on any atom is 0.414 e. The average molecular weight is 380 g/mol. The van der Waals surface area contributed by atoms with Crippen molar-refractivity contribution in [3.8, 4) is 0 Å². The van der Waals surface area contributed by atoms with E-state index in [0.717, 1.165) is 23.2 Å². The summed E-state index contributed by atoms with van der Waals surface area (Å²) in [6.07, 6.45) is 6.50. The van der Waals surface area contributed by atoms with Crippen molar-refractivity contribution in [2.24, 2.45) is 11.3 Å². The van der Waals surface area contributed by atoms with Gasteiger partial charge in [0.05, 0.1) is 5.92 Å². The van der Waals surface area contributed by atoms with Crippen LogP contribution in [0.2, 0.25) is 0 Å². The van der Waals surface area contributed by atoms with Gasteiger partial charge in [-0.05, 0) is 45.3 Å². The molecule has 1 saturated carbocycles. The summed E-state index contributed by atoms with van der Waals surface area (Å²) in [5.74, 6) is -0.166. The molecule has 5 heteroatoms. The molecule has 0 spiro atoms. The van der Waals surface area contributed by atoms with Gasteiger partial charge in [0.2, 0.25) is 5.91 Å². The van der Waals surface area contributed by atoms with Crippen molar-refractivity contribution in [1.82, 2.24) is 4.90 Å². The van der Waals surface area contributed by atoms with Crippen LogP contribution in [0.15, 0.2) is 55.8 Å². The van der Waals surface area contributed by atoms with Gasteiger partial charge in [0.25, 0.3) is 0 Å². The first kappa shape index (κ1) is 19.9. The van der Waals surface area contributed by atoms with Crippen molar-refractivity contribution in [3.05, 3.63) is 61.3 Å². The van der Waals surface area contributed by atoms with Crippen LogP contribution in [0.1, 0.15) is 39.2 Å². The van der Waals surface area contributed by atoms with Gasteiger partial charge >= 0.3 is 6.09 Å². The molecule has 1 aliphatic carbocycles. The molecule has 1 unspecified atom stereocenters. The first-order valence-corrected chi connectivity index (χ1v) is 9.57. The Kier molecular flexibility index (Phi) is 5.20. The number of amides is 2. The monoisotopic (exact) mass is 380 g/mol. The lowest BCUT2D eigenvalue weighted by Gasteiger charge is -2.23. The van der Waals surface area contributed by atoms with Crippen LogP contribution in [-0.4, -0.2) is 29.0 Å². The number of rotatable bonds is 5. The topological polar surface area (TPSA) is 58.6 Å². The molecule has 1 atom stereocenters. The van der Waals surface area contributed by atoms with Crippen molar-refractivity contribution < 1.29 is 14.3 Å². The Bertz CT molecular complexity index is 840. The summed E-state index contributed by atoms with van der Waals surface area (Å²) in [6.45, 7) is 13.8. The maximum atomic E-state index is 12.7. The first-order chi connectivity index (χ1) is 13.2. The molecule has 148 valence electrons. The van der Waals surface area contributed by atoms with Crippen molar-refractivity contribution in [2.45, 2.75) is 39.2 Å². The van der Waals surface area contributed by atoms with Crippen molar-refractivity contribution >= 4 is 23.3 Å². The molecule has 0 aromatic heterocycles. The zero-order valence-corrected chi connectivity index (χ0v) is 16.8. The highest BCUT2D eigenvalue weighted by molar-refractivity contribution is 5.98. The van der Waals surface area contributed by atoms with Crippen molar-refractivity contribution in [3.63, 3.8) is 0 Å². The fraction of sp³-hybridized carbons (Fsp3) is 0.391. The van der Waals surface area contributed by atoms with E-state index in [1.807, 2.05) is 51.2 Å². The number of para-hydroxylation sites is 1. The van der Waals surface area contributed by atoms with Gasteiger partial charge < -0.3 is 10.1 Å². The smallest absolute Gasteiger partial charge is 0.414 e. The van der Waals surface area contributed by atoms with E-state index in [-0.39, 0.29) is 23.3 Å². The van der Waals surface area contributed by atoms with Crippen molar-refractivity contribution in [2.75, 3.05) is 11.9 Å². The SMILES string of the molecule is C=CC1(C=C)CC1C(=O)Nc1ccccc1C1=CN(C(=O)OC(C)(C)C)CC1. The molecule has 28 heavy (non-hydrogen) atoms. The molecule has 0 bridgehead atoms. The zero-order chi connectivity index (χ0) is 20.5. The van der Waals surface area contributed by atoms with E-state index >= 15 is 0 Å². The highest BCUT2D eigenvalue weighted by Crippen LogP contribution is 2.55. The second-order valence-corrected chi connectivity index (χ2v) is 8.39. The van der Waals surface area contributed by atoms with Crippen LogP contribution < -0.4 is 5.32 Å². The molecular weight excluding hydrogens is 352 g/mol. The third-order valence-corrected chi connectivity index (χ3v) is 5.22. The van der Waals surface area contributed by atoms with Crippen molar-refractivity contribution in [1.29, 1.82) is 0 Å². The molecular formula is C23H28N2O3. The lowest BCUT2D eigenvalue weighted by Crippen LogP contribution is -2.32. The minimum absolute atomic E-state index is 0.0326. The highest BCUT2D eigenvalue weighted by atomic mass is 16.6. The van der Waals surface area contributed by atoms with E-state index in [0.29, 0.717) is 13.0 Å². The average Bonchev–Trinajstić information content (AvgIpc) is 3.18. The molecule has 5 nitrogen and oxygen atoms in total. The molecule has 0 saturated heterocycles. The van der Waals surface area contributed by atoms with Gasteiger partial charge in [-0.1, -0.05) is 30.4 Å². The van der Waals surface area contributed by atoms with Gasteiger partial charge in [-0.15, -0.1) is 13.2 Å². The summed E-state index contributed by atoms with van der Waals surface area (Å²) in [5, 5.41) is 3.05. The molecule has 0 radical (unpaired) electrons. The number of anilines is 1. The number of allylic oxidation sites excluding steroid dienone is 2. The molecule has 1 heterocycles. The Balaban J connectivity index is 1.75. The van der Waals surface area contributed by atoms with Crippen LogP contribution in [0.25, 0.3) is 5.57 Å². The quantitative estimate of drug-likeness (QED) is 0.733. The van der Waals surface area contributed by atoms with Gasteiger partial charge in [0.1, 0.15) is 5.60 Å². The molecule has 1 fully saturated rings. The van der Waals surface area contributed by atoms with Gasteiger partial charge in [-0.25, -0.2) is 4.79 Å². The Labute approximate surface area is 166 Å². The standard InChI is InChI=1S/C23H28N2O3/c1-6-23(7-2)14-18(23)20(26)24-19-11-9-8-10-17(19)16-12-13-25(15-16)21(27)28-22(3,4)5/h6-11,15,18H,1-2,12-14H2,3-5H3,(H,24,26). The summed E-state index contributed by atoms with van der Waals surface area (Å²) in [5.41, 5.74) is 1.84. The minimum Gasteiger partial charge on any atom is -0.443 e. The van der Waals surface area contributed by atoms with Gasteiger partial charge in [0.15, 0.2) is 0 Å². The van der Waals surface area contributed by atoms with E-state index in [2.05, 4.69) is 18.5 Å². The largest absolute Gasteiger partial charge is 0.443 e. The lowest BCUT2D eigenvalue weighted by molar-refractivity contribution is -0.117. The summed E-state index contributed by atoms with van der Waals surface area (Å²) < 4.78 is 5.44. The molecule has 2 amide bonds. The summed E-state index contributed by atoms with van der Waals surface area (Å²) >= 11 is 0. The van der Waals surface area contributed by atoms with Crippen LogP contribution in [0, 0.1) is 11.3 Å². The molecule has 2 aliphatic rings. The van der Waals surface area contributed by atoms with Crippen LogP contribution >= 0.6 is 0 Å². The molecule has 1 aromatic carbocycles. The predicted molar refractivity (Wildman–Crippen MR) is 112 cm³/mol. The Morgan fingerprint density at radius 2 is 1.93 bits per heavy atom. The van der Waals surface area contributed by atoms with Crippen LogP contribution in [0.3, 0.4) is 0 Å². The Morgan fingerprint density at radius 1 is 1.25 bits per heavy atom. The number of hydrogen-bond acceptors (Lipinski definition) is 3. The van der Waals surface area contributed by atoms with Gasteiger partial charge in [-0.3, -0.25) is 9.69 Å². The Hall–Kier alpha value is -2.82. The lowest BCUT2D eigenvalue weighted by atomic mass is 10.0. The third-order valence-electron chi connectivity index (χ3n) is 5.22. The number of nitrogens with one attached hydrogen (secondary N) is 1. The normalized spacial score (nSPS) is 20.2. The van der Waals surface area contributed by atoms with Crippen LogP contribution in [0.5, 0.6) is 0 Å². The number of ether oxygens (including phenoxy) is 1. The predicted octanol–water partition coefficient (Wildman–Crippen LogP) is 4.99. The van der Waals surface area contributed by atoms with E-state index in [4.69, 9.17) is 4.74 Å². The first-order valence-electron chi connectivity index (χ1n) is 9.57. The fourth-order valence-corrected chi connectivity index (χ4v) is 3.48. The summed E-state index contributed by atoms with van der Waals surface area (Å²) in [6, 6.07) is 7.66. The number of carbonyl (C=O) groups excluding carboxylic acids is 2. The molecule has 1 aromatic rings. The van der Waals surface area contributed by atoms with E-state index in [9.17, 15) is 9.59 Å². The zero-order valence-electron chi connectivity index (χ0n) is 16.8. The summed E-state index contributed by atoms with van der Waals surface area (Å²) in [7, 11) is 0. The van der Waals surface area contributed by atoms with E-state index in [1.54, 1.807) is 17.1 Å². The number of nitrogens with zero attached hydrogens (tertiary/aromatic N) is 1. The van der Waals surface area contributed by atoms with Gasteiger partial charge in [-0.2, -0.15) is 0 Å². The second kappa shape index (κ2) is 7.30. The number of benzene rings is 1. The number of hydrogen-bond donors (Lipinski definition) is 1. The minimum atomic E-state index is -0.535. The van der Waals surface area contributed by atoms with Crippen LogP contribution in [-0.2, 0) is 9.53 Å². The highest BCUT2D eigenvalue weighted by Gasteiger charge is 2.54. The third kappa shape index (κ3) is 4.03. The summed E-state index contributed by atoms with van der Waals surface area (Å²) in [4.78, 5) is 26.6. The maximum absolute atomic E-state index is 12.7. The fourth-order valence-electron chi connectivity index (χ4n) is 3.48. The Morgan fingerprint density at radius 3 is 2.54 bits per heavy atom. The second-order valence-electron chi connectivity index (χ2n) is 8.39.